The molecule has 0 unspecified atom stereocenters. The summed E-state index contributed by atoms with van der Waals surface area (Å²) in [5.41, 5.74) is 8.03. The van der Waals surface area contributed by atoms with Gasteiger partial charge < -0.3 is 0 Å². The molecule has 0 bridgehead atoms. The maximum Gasteiger partial charge on any atom is 0.0562 e. The van der Waals surface area contributed by atoms with Crippen molar-refractivity contribution in [2.45, 2.75) is 32.1 Å². The number of rotatable bonds is 3. The third-order valence-electron chi connectivity index (χ3n) is 3.77. The topological polar surface area (TPSA) is 24.4 Å². The average Bonchev–Trinajstić information content (AvgIpc) is 2.55. The standard InChI is InChI=1S/C18H20N2/c1-3-7-15(8-4-1)16-11-13-18(14-12-16)20-19-17-9-5-2-6-10-17/h1,3-4,7-8,11-14,20H,2,5-6,9-10H2. The molecule has 1 saturated carbocycles. The molecule has 2 aromatic carbocycles. The third kappa shape index (κ3) is 3.27. The number of hydrogen-bond donors (Lipinski definition) is 1. The van der Waals surface area contributed by atoms with Crippen LogP contribution in [-0.4, -0.2) is 5.71 Å². The number of benzene rings is 2. The fraction of sp³-hybridized carbons (Fsp3) is 0.278. The lowest BCUT2D eigenvalue weighted by atomic mass is 9.99. The van der Waals surface area contributed by atoms with Crippen molar-refractivity contribution < 1.29 is 0 Å². The third-order valence-corrected chi connectivity index (χ3v) is 3.77. The largest absolute Gasteiger partial charge is 0.279 e. The van der Waals surface area contributed by atoms with E-state index in [1.54, 1.807) is 0 Å². The highest BCUT2D eigenvalue weighted by Crippen LogP contribution is 2.21. The van der Waals surface area contributed by atoms with Crippen molar-refractivity contribution in [3.8, 4) is 11.1 Å². The van der Waals surface area contributed by atoms with E-state index >= 15 is 0 Å². The molecule has 1 aliphatic carbocycles. The van der Waals surface area contributed by atoms with Crippen LogP contribution >= 0.6 is 0 Å². The van der Waals surface area contributed by atoms with Gasteiger partial charge in [-0.05, 0) is 48.9 Å². The van der Waals surface area contributed by atoms with Crippen molar-refractivity contribution in [1.82, 2.24) is 0 Å². The lowest BCUT2D eigenvalue weighted by Gasteiger charge is -2.12. The summed E-state index contributed by atoms with van der Waals surface area (Å²) in [6.07, 6.45) is 6.22. The zero-order valence-corrected chi connectivity index (χ0v) is 11.7. The monoisotopic (exact) mass is 264 g/mol. The summed E-state index contributed by atoms with van der Waals surface area (Å²) in [5, 5.41) is 4.52. The summed E-state index contributed by atoms with van der Waals surface area (Å²) in [5.74, 6) is 0. The van der Waals surface area contributed by atoms with Crippen LogP contribution in [0.4, 0.5) is 5.69 Å². The second-order valence-electron chi connectivity index (χ2n) is 5.29. The van der Waals surface area contributed by atoms with Gasteiger partial charge in [0.05, 0.1) is 5.69 Å². The molecule has 2 heteroatoms. The number of anilines is 1. The van der Waals surface area contributed by atoms with Crippen LogP contribution in [0, 0.1) is 0 Å². The first-order valence-electron chi connectivity index (χ1n) is 7.39. The molecule has 1 aliphatic rings. The van der Waals surface area contributed by atoms with E-state index in [0.717, 1.165) is 18.5 Å². The lowest BCUT2D eigenvalue weighted by molar-refractivity contribution is 0.665. The first-order chi connectivity index (χ1) is 9.92. The van der Waals surface area contributed by atoms with E-state index in [4.69, 9.17) is 0 Å². The van der Waals surface area contributed by atoms with E-state index in [1.807, 2.05) is 6.07 Å². The first kappa shape index (κ1) is 12.9. The summed E-state index contributed by atoms with van der Waals surface area (Å²) in [6.45, 7) is 0. The van der Waals surface area contributed by atoms with Gasteiger partial charge in [-0.25, -0.2) is 0 Å². The van der Waals surface area contributed by atoms with E-state index in [0.29, 0.717) is 0 Å². The number of hydrogen-bond acceptors (Lipinski definition) is 2. The molecule has 1 N–H and O–H groups in total. The Labute approximate surface area is 120 Å². The maximum atomic E-state index is 4.52. The summed E-state index contributed by atoms with van der Waals surface area (Å²) < 4.78 is 0. The molecule has 20 heavy (non-hydrogen) atoms. The van der Waals surface area contributed by atoms with Gasteiger partial charge in [0.15, 0.2) is 0 Å². The molecule has 0 saturated heterocycles. The van der Waals surface area contributed by atoms with E-state index < -0.39 is 0 Å². The highest BCUT2D eigenvalue weighted by Gasteiger charge is 2.06. The highest BCUT2D eigenvalue weighted by atomic mass is 15.3. The summed E-state index contributed by atoms with van der Waals surface area (Å²) in [4.78, 5) is 0. The molecular weight excluding hydrogens is 244 g/mol. The molecule has 0 radical (unpaired) electrons. The molecule has 0 aliphatic heterocycles. The summed E-state index contributed by atoms with van der Waals surface area (Å²) in [6, 6.07) is 18.9. The predicted molar refractivity (Wildman–Crippen MR) is 86.0 cm³/mol. The Morgan fingerprint density at radius 2 is 1.35 bits per heavy atom. The number of hydrazone groups is 1. The molecule has 0 heterocycles. The Bertz CT molecular complexity index is 562. The quantitative estimate of drug-likeness (QED) is 0.767. The van der Waals surface area contributed by atoms with Gasteiger partial charge in [0.25, 0.3) is 0 Å². The Hall–Kier alpha value is -2.09. The van der Waals surface area contributed by atoms with Crippen LogP contribution in [0.3, 0.4) is 0 Å². The van der Waals surface area contributed by atoms with Crippen molar-refractivity contribution in [2.24, 2.45) is 5.10 Å². The fourth-order valence-electron chi connectivity index (χ4n) is 2.58. The van der Waals surface area contributed by atoms with Crippen molar-refractivity contribution in [1.29, 1.82) is 0 Å². The summed E-state index contributed by atoms with van der Waals surface area (Å²) in [7, 11) is 0. The minimum atomic E-state index is 1.06. The lowest BCUT2D eigenvalue weighted by Crippen LogP contribution is -2.07. The minimum absolute atomic E-state index is 1.06. The molecule has 0 amide bonds. The van der Waals surface area contributed by atoms with Gasteiger partial charge in [-0.2, -0.15) is 5.10 Å². The second kappa shape index (κ2) is 6.38. The molecule has 2 aromatic rings. The smallest absolute Gasteiger partial charge is 0.0562 e. The van der Waals surface area contributed by atoms with E-state index in [9.17, 15) is 0 Å². The van der Waals surface area contributed by atoms with Crippen LogP contribution in [-0.2, 0) is 0 Å². The Balaban J connectivity index is 1.67. The number of nitrogens with one attached hydrogen (secondary N) is 1. The van der Waals surface area contributed by atoms with Gasteiger partial charge in [0, 0.05) is 5.71 Å². The average molecular weight is 264 g/mol. The van der Waals surface area contributed by atoms with Crippen molar-refractivity contribution in [2.75, 3.05) is 5.43 Å². The van der Waals surface area contributed by atoms with Crippen molar-refractivity contribution >= 4 is 11.4 Å². The second-order valence-corrected chi connectivity index (χ2v) is 5.29. The molecule has 0 aromatic heterocycles. The highest BCUT2D eigenvalue weighted by molar-refractivity contribution is 5.85. The zero-order valence-electron chi connectivity index (χ0n) is 11.7. The molecule has 0 spiro atoms. The van der Waals surface area contributed by atoms with Gasteiger partial charge >= 0.3 is 0 Å². The van der Waals surface area contributed by atoms with Gasteiger partial charge in [-0.3, -0.25) is 5.43 Å². The van der Waals surface area contributed by atoms with Crippen molar-refractivity contribution in [3.05, 3.63) is 54.6 Å². The van der Waals surface area contributed by atoms with Gasteiger partial charge in [0.2, 0.25) is 0 Å². The van der Waals surface area contributed by atoms with Crippen LogP contribution in [0.2, 0.25) is 0 Å². The fourth-order valence-corrected chi connectivity index (χ4v) is 2.58. The molecular formula is C18H20N2. The Morgan fingerprint density at radius 3 is 2.05 bits per heavy atom. The van der Waals surface area contributed by atoms with Crippen molar-refractivity contribution in [3.63, 3.8) is 0 Å². The van der Waals surface area contributed by atoms with Gasteiger partial charge in [0.1, 0.15) is 0 Å². The Kier molecular flexibility index (Phi) is 4.12. The molecule has 102 valence electrons. The predicted octanol–water partition coefficient (Wildman–Crippen LogP) is 5.09. The Morgan fingerprint density at radius 1 is 0.700 bits per heavy atom. The SMILES string of the molecule is c1ccc(-c2ccc(NN=C3CCCCC3)cc2)cc1. The first-order valence-corrected chi connectivity index (χ1v) is 7.39. The maximum absolute atomic E-state index is 4.52. The number of nitrogens with zero attached hydrogens (tertiary/aromatic N) is 1. The minimum Gasteiger partial charge on any atom is -0.279 e. The van der Waals surface area contributed by atoms with Gasteiger partial charge in [-0.1, -0.05) is 48.9 Å². The van der Waals surface area contributed by atoms with Gasteiger partial charge in [-0.15, -0.1) is 0 Å². The zero-order chi connectivity index (χ0) is 13.6. The van der Waals surface area contributed by atoms with E-state index in [1.165, 1.54) is 36.1 Å². The molecule has 1 fully saturated rings. The van der Waals surface area contributed by atoms with Crippen LogP contribution in [0.1, 0.15) is 32.1 Å². The molecule has 3 rings (SSSR count). The van der Waals surface area contributed by atoms with Crippen LogP contribution in [0.5, 0.6) is 0 Å². The van der Waals surface area contributed by atoms with Crippen LogP contribution < -0.4 is 5.43 Å². The normalized spacial score (nSPS) is 14.9. The molecule has 0 atom stereocenters. The molecule has 2 nitrogen and oxygen atoms in total. The van der Waals surface area contributed by atoms with Crippen LogP contribution in [0.25, 0.3) is 11.1 Å². The van der Waals surface area contributed by atoms with E-state index in [-0.39, 0.29) is 0 Å². The van der Waals surface area contributed by atoms with Crippen LogP contribution in [0.15, 0.2) is 59.7 Å². The van der Waals surface area contributed by atoms with E-state index in [2.05, 4.69) is 59.1 Å². The summed E-state index contributed by atoms with van der Waals surface area (Å²) >= 11 is 0.